The Kier molecular flexibility index (Phi) is 105. The first-order valence-electron chi connectivity index (χ1n) is 24.8. The SMILES string of the molecule is CCC[NH2+]CCC.CCC[NH2+]CCC.CCC[NH2+]CCC.CCC[NH2+]CCC.CCC[NH2+]CCC.CCC[NH2+]CCC.CCC[NH2+]CCC.O=P([O-])([O-])OP(=O)([O-])[O-].O=P([O-])([O-])[O-]. The van der Waals surface area contributed by atoms with Gasteiger partial charge in [0.15, 0.2) is 0 Å². The first kappa shape index (κ1) is 83.1. The van der Waals surface area contributed by atoms with Gasteiger partial charge in [0.2, 0.25) is 0 Å². The van der Waals surface area contributed by atoms with Crippen LogP contribution in [0.5, 0.6) is 0 Å². The van der Waals surface area contributed by atoms with Gasteiger partial charge in [0, 0.05) is 0 Å². The van der Waals surface area contributed by atoms with Gasteiger partial charge in [0.1, 0.15) is 0 Å². The molecule has 396 valence electrons. The van der Waals surface area contributed by atoms with Crippen LogP contribution < -0.4 is 71.5 Å². The smallest absolute Gasteiger partial charge is 0.0752 e. The molecule has 0 aromatic rings. The van der Waals surface area contributed by atoms with Gasteiger partial charge in [-0.15, -0.1) is 0 Å². The molecule has 0 amide bonds. The lowest BCUT2D eigenvalue weighted by Crippen LogP contribution is -2.84. The Morgan fingerprint density at radius 2 is 0.333 bits per heavy atom. The second kappa shape index (κ2) is 79.2. The highest BCUT2D eigenvalue weighted by Gasteiger charge is 1.93. The second-order valence-corrected chi connectivity index (χ2v) is 17.8. The molecule has 0 saturated heterocycles. The van der Waals surface area contributed by atoms with E-state index in [1.807, 2.05) is 0 Å². The molecule has 0 aliphatic heterocycles. The van der Waals surface area contributed by atoms with Crippen molar-refractivity contribution in [2.24, 2.45) is 0 Å². The van der Waals surface area contributed by atoms with Crippen LogP contribution in [-0.4, -0.2) is 91.6 Å². The molecule has 0 rings (SSSR count). The van der Waals surface area contributed by atoms with Crippen LogP contribution in [0.3, 0.4) is 0 Å². The quantitative estimate of drug-likeness (QED) is 0.0273. The average molecular weight is 984 g/mol. The fraction of sp³-hybridized carbons (Fsp3) is 1.00. The fourth-order valence-corrected chi connectivity index (χ4v) is 4.97. The number of hydrogen-bond donors (Lipinski definition) is 7. The predicted molar refractivity (Wildman–Crippen MR) is 250 cm³/mol. The highest BCUT2D eigenvalue weighted by Crippen LogP contribution is 2.42. The van der Waals surface area contributed by atoms with Gasteiger partial charge < -0.3 is 89.5 Å². The van der Waals surface area contributed by atoms with Gasteiger partial charge >= 0.3 is 0 Å². The van der Waals surface area contributed by atoms with Crippen molar-refractivity contribution in [3.05, 3.63) is 0 Å². The molecule has 0 radical (unpaired) electrons. The number of rotatable bonds is 30. The molecule has 0 aromatic heterocycles. The second-order valence-electron chi connectivity index (χ2n) is 14.5. The van der Waals surface area contributed by atoms with Crippen LogP contribution in [0.4, 0.5) is 0 Å². The van der Waals surface area contributed by atoms with E-state index in [1.165, 1.54) is 182 Å². The molecule has 0 fully saturated rings. The van der Waals surface area contributed by atoms with Gasteiger partial charge in [-0.3, -0.25) is 0 Å². The van der Waals surface area contributed by atoms with E-state index in [0.29, 0.717) is 0 Å². The van der Waals surface area contributed by atoms with Gasteiger partial charge in [0.05, 0.1) is 107 Å². The maximum atomic E-state index is 9.32. The van der Waals surface area contributed by atoms with Crippen molar-refractivity contribution in [1.82, 2.24) is 0 Å². The van der Waals surface area contributed by atoms with Gasteiger partial charge in [-0.2, -0.15) is 7.82 Å². The molecule has 63 heavy (non-hydrogen) atoms. The third-order valence-corrected chi connectivity index (χ3v) is 8.70. The summed E-state index contributed by atoms with van der Waals surface area (Å²) in [7, 11) is -16.7. The van der Waals surface area contributed by atoms with Crippen LogP contribution in [-0.2, 0) is 18.0 Å². The largest absolute Gasteiger partial charge is 0.822 e. The van der Waals surface area contributed by atoms with Crippen molar-refractivity contribution in [3.8, 4) is 0 Å². The summed E-state index contributed by atoms with van der Waals surface area (Å²) in [6.07, 6.45) is 18.3. The average Bonchev–Trinajstić information content (AvgIpc) is 3.19. The minimum atomic E-state index is -5.68. The van der Waals surface area contributed by atoms with Crippen LogP contribution in [0.1, 0.15) is 187 Å². The van der Waals surface area contributed by atoms with Crippen LogP contribution in [0.2, 0.25) is 0 Å². The molecule has 0 heterocycles. The molecule has 18 nitrogen and oxygen atoms in total. The Labute approximate surface area is 390 Å². The van der Waals surface area contributed by atoms with E-state index < -0.39 is 23.5 Å². The van der Waals surface area contributed by atoms with Gasteiger partial charge in [-0.1, -0.05) is 96.9 Å². The number of nitrogens with two attached hydrogens (primary N) is 7. The third kappa shape index (κ3) is 193. The standard InChI is InChI=1S/7C6H15N.H4O7P2.H3O4P/c7*1-3-5-7-6-4-2;1-8(2,3)7-9(4,5)6;1-5(2,3)4/h7*7H,3-6H2,1-2H3;(H2,1,2,3)(H2,4,5,6);(H3,1,2,3,4). The van der Waals surface area contributed by atoms with E-state index in [9.17, 15) is 28.7 Å². The number of quaternary nitrogens is 7. The lowest BCUT2D eigenvalue weighted by molar-refractivity contribution is -0.654. The zero-order chi connectivity index (χ0) is 51.0. The van der Waals surface area contributed by atoms with Crippen LogP contribution in [0.25, 0.3) is 0 Å². The van der Waals surface area contributed by atoms with Crippen molar-refractivity contribution in [2.45, 2.75) is 187 Å². The molecule has 21 heteroatoms. The predicted octanol–water partition coefficient (Wildman–Crippen LogP) is -3.58. The zero-order valence-corrected chi connectivity index (χ0v) is 46.4. The molecule has 0 aliphatic carbocycles. The summed E-state index contributed by atoms with van der Waals surface area (Å²) in [4.78, 5) is 62.9. The molecule has 0 unspecified atom stereocenters. The molecule has 0 aromatic carbocycles. The summed E-state index contributed by atoms with van der Waals surface area (Å²) >= 11 is 0. The van der Waals surface area contributed by atoms with Crippen LogP contribution in [0.15, 0.2) is 0 Å². The summed E-state index contributed by atoms with van der Waals surface area (Å²) in [5.74, 6) is 0. The number of phosphoric acid groups is 3. The highest BCUT2D eigenvalue weighted by atomic mass is 31.3. The summed E-state index contributed by atoms with van der Waals surface area (Å²) in [5.41, 5.74) is 0. The van der Waals surface area contributed by atoms with Crippen LogP contribution >= 0.6 is 23.5 Å². The van der Waals surface area contributed by atoms with Crippen LogP contribution in [0, 0.1) is 0 Å². The lowest BCUT2D eigenvalue weighted by Gasteiger charge is -2.39. The van der Waals surface area contributed by atoms with E-state index >= 15 is 0 Å². The molecule has 0 bridgehead atoms. The highest BCUT2D eigenvalue weighted by molar-refractivity contribution is 7.57. The molecular formula is C42H112N7O11P3. The van der Waals surface area contributed by atoms with Crippen molar-refractivity contribution >= 4 is 23.5 Å². The van der Waals surface area contributed by atoms with Gasteiger partial charge in [0.25, 0.3) is 0 Å². The summed E-state index contributed by atoms with van der Waals surface area (Å²) in [5, 5.41) is 16.5. The molecule has 0 aliphatic rings. The summed E-state index contributed by atoms with van der Waals surface area (Å²) in [6, 6.07) is 0. The summed E-state index contributed by atoms with van der Waals surface area (Å²) in [6.45, 7) is 49.2. The Bertz CT molecular complexity index is 695. The van der Waals surface area contributed by atoms with Gasteiger partial charge in [-0.05, 0) is 89.9 Å². The van der Waals surface area contributed by atoms with E-state index in [0.717, 1.165) is 0 Å². The minimum absolute atomic E-state index is 1.30. The van der Waals surface area contributed by atoms with Crippen molar-refractivity contribution in [1.29, 1.82) is 0 Å². The van der Waals surface area contributed by atoms with Gasteiger partial charge in [-0.25, -0.2) is 0 Å². The minimum Gasteiger partial charge on any atom is -0.822 e. The van der Waals surface area contributed by atoms with Crippen molar-refractivity contribution < 1.29 is 89.5 Å². The number of hydrogen-bond acceptors (Lipinski definition) is 11. The Morgan fingerprint density at radius 3 is 0.365 bits per heavy atom. The van der Waals surface area contributed by atoms with Crippen molar-refractivity contribution in [3.63, 3.8) is 0 Å². The topological polar surface area (TPSA) is 338 Å². The van der Waals surface area contributed by atoms with E-state index in [2.05, 4.69) is 138 Å². The molecule has 14 N–H and O–H groups in total. The van der Waals surface area contributed by atoms with E-state index in [4.69, 9.17) is 19.2 Å². The Hall–Kier alpha value is 0.0900. The fourth-order valence-electron chi connectivity index (χ4n) is 3.99. The Morgan fingerprint density at radius 1 is 0.254 bits per heavy atom. The summed E-state index contributed by atoms with van der Waals surface area (Å²) < 4.78 is 29.7. The normalized spacial score (nSPS) is 10.2. The molecule has 0 spiro atoms. The molecule has 0 atom stereocenters. The molecule has 0 saturated carbocycles. The molecular weight excluding hydrogens is 871 g/mol. The van der Waals surface area contributed by atoms with E-state index in [1.54, 1.807) is 0 Å². The lowest BCUT2D eigenvalue weighted by atomic mass is 10.4. The monoisotopic (exact) mass is 984 g/mol. The zero-order valence-electron chi connectivity index (χ0n) is 43.7. The maximum absolute atomic E-state index is 9.32. The Balaban J connectivity index is -0.0000000746. The maximum Gasteiger partial charge on any atom is 0.0752 e. The van der Waals surface area contributed by atoms with E-state index in [-0.39, 0.29) is 0 Å². The first-order valence-corrected chi connectivity index (χ1v) is 29.2. The third-order valence-electron chi connectivity index (χ3n) is 7.10. The first-order chi connectivity index (χ1) is 29.6. The van der Waals surface area contributed by atoms with Crippen molar-refractivity contribution in [2.75, 3.05) is 91.6 Å².